The summed E-state index contributed by atoms with van der Waals surface area (Å²) < 4.78 is 5.24. The molecule has 1 saturated carbocycles. The molecule has 0 aliphatic heterocycles. The molecule has 0 aromatic heterocycles. The van der Waals surface area contributed by atoms with E-state index in [-0.39, 0.29) is 6.61 Å². The van der Waals surface area contributed by atoms with Gasteiger partial charge in [-0.05, 0) is 48.9 Å². The van der Waals surface area contributed by atoms with Crippen LogP contribution in [-0.2, 0) is 4.79 Å². The van der Waals surface area contributed by atoms with Crippen molar-refractivity contribution in [3.05, 3.63) is 24.3 Å². The number of nitrogens with one attached hydrogen (secondary N) is 1. The van der Waals surface area contributed by atoms with Crippen LogP contribution in [0.4, 0.5) is 5.69 Å². The van der Waals surface area contributed by atoms with Crippen LogP contribution in [0.25, 0.3) is 0 Å². The van der Waals surface area contributed by atoms with Crippen LogP contribution in [0.5, 0.6) is 5.75 Å². The van der Waals surface area contributed by atoms with Crippen LogP contribution in [0.2, 0.25) is 0 Å². The van der Waals surface area contributed by atoms with Gasteiger partial charge < -0.3 is 15.8 Å². The van der Waals surface area contributed by atoms with Crippen molar-refractivity contribution < 1.29 is 9.53 Å². The summed E-state index contributed by atoms with van der Waals surface area (Å²) in [4.78, 5) is 10.6. The van der Waals surface area contributed by atoms with Gasteiger partial charge in [0.15, 0.2) is 6.61 Å². The Balaban J connectivity index is 1.88. The lowest BCUT2D eigenvalue weighted by Gasteiger charge is -2.36. The summed E-state index contributed by atoms with van der Waals surface area (Å²) in [6, 6.07) is 8.23. The number of carbonyl (C=O) groups is 1. The van der Waals surface area contributed by atoms with Gasteiger partial charge >= 0.3 is 0 Å². The van der Waals surface area contributed by atoms with Gasteiger partial charge in [0.1, 0.15) is 5.75 Å². The number of benzene rings is 1. The van der Waals surface area contributed by atoms with Crippen molar-refractivity contribution in [2.24, 2.45) is 11.1 Å². The van der Waals surface area contributed by atoms with Crippen LogP contribution in [0.3, 0.4) is 0 Å². The SMILES string of the molecule is CC1(C)CCCC(Nc2ccc(OCC(N)=O)cc2)C1. The van der Waals surface area contributed by atoms with Gasteiger partial charge in [0.05, 0.1) is 0 Å². The molecule has 1 aromatic rings. The quantitative estimate of drug-likeness (QED) is 0.869. The highest BCUT2D eigenvalue weighted by Gasteiger charge is 2.27. The van der Waals surface area contributed by atoms with Crippen molar-refractivity contribution in [1.82, 2.24) is 0 Å². The number of nitrogens with two attached hydrogens (primary N) is 1. The van der Waals surface area contributed by atoms with E-state index in [2.05, 4.69) is 19.2 Å². The highest BCUT2D eigenvalue weighted by atomic mass is 16.5. The first-order chi connectivity index (χ1) is 9.44. The molecule has 0 radical (unpaired) electrons. The van der Waals surface area contributed by atoms with Crippen molar-refractivity contribution in [1.29, 1.82) is 0 Å². The number of rotatable bonds is 5. The number of hydrogen-bond acceptors (Lipinski definition) is 3. The second-order valence-electron chi connectivity index (χ2n) is 6.38. The van der Waals surface area contributed by atoms with E-state index >= 15 is 0 Å². The van der Waals surface area contributed by atoms with E-state index in [1.807, 2.05) is 24.3 Å². The van der Waals surface area contributed by atoms with Crippen LogP contribution in [0.1, 0.15) is 39.5 Å². The molecule has 4 nitrogen and oxygen atoms in total. The van der Waals surface area contributed by atoms with E-state index in [1.165, 1.54) is 25.7 Å². The maximum atomic E-state index is 10.6. The van der Waals surface area contributed by atoms with Gasteiger partial charge in [0.2, 0.25) is 0 Å². The highest BCUT2D eigenvalue weighted by Crippen LogP contribution is 2.36. The predicted molar refractivity (Wildman–Crippen MR) is 80.8 cm³/mol. The lowest BCUT2D eigenvalue weighted by Crippen LogP contribution is -2.31. The molecule has 1 atom stereocenters. The maximum Gasteiger partial charge on any atom is 0.255 e. The van der Waals surface area contributed by atoms with Crippen LogP contribution < -0.4 is 15.8 Å². The fourth-order valence-electron chi connectivity index (χ4n) is 2.86. The molecule has 110 valence electrons. The minimum Gasteiger partial charge on any atom is -0.484 e. The molecule has 1 unspecified atom stereocenters. The van der Waals surface area contributed by atoms with Gasteiger partial charge in [-0.3, -0.25) is 4.79 Å². The van der Waals surface area contributed by atoms with Crippen LogP contribution in [0, 0.1) is 5.41 Å². The number of anilines is 1. The summed E-state index contributed by atoms with van der Waals surface area (Å²) >= 11 is 0. The molecule has 20 heavy (non-hydrogen) atoms. The molecule has 0 heterocycles. The van der Waals surface area contributed by atoms with Crippen molar-refractivity contribution >= 4 is 11.6 Å². The molecule has 1 aliphatic rings. The number of ether oxygens (including phenoxy) is 1. The smallest absolute Gasteiger partial charge is 0.255 e. The molecule has 4 heteroatoms. The molecule has 3 N–H and O–H groups in total. The molecule has 1 aromatic carbocycles. The Kier molecular flexibility index (Phi) is 4.53. The lowest BCUT2D eigenvalue weighted by atomic mass is 9.75. The Morgan fingerprint density at radius 2 is 2.10 bits per heavy atom. The first-order valence-electron chi connectivity index (χ1n) is 7.22. The first-order valence-corrected chi connectivity index (χ1v) is 7.22. The number of amides is 1. The average molecular weight is 276 g/mol. The summed E-state index contributed by atoms with van der Waals surface area (Å²) in [6.07, 6.45) is 5.02. The Bertz CT molecular complexity index is 454. The fraction of sp³-hybridized carbons (Fsp3) is 0.562. The van der Waals surface area contributed by atoms with Crippen molar-refractivity contribution in [2.45, 2.75) is 45.6 Å². The molecule has 1 amide bonds. The Labute approximate surface area is 120 Å². The standard InChI is InChI=1S/C16H24N2O2/c1-16(2)9-3-4-13(10-16)18-12-5-7-14(8-6-12)20-11-15(17)19/h5-8,13,18H,3-4,9-11H2,1-2H3,(H2,17,19). The van der Waals surface area contributed by atoms with E-state index in [9.17, 15) is 4.79 Å². The number of carbonyl (C=O) groups excluding carboxylic acids is 1. The second kappa shape index (κ2) is 6.16. The summed E-state index contributed by atoms with van der Waals surface area (Å²) in [5.41, 5.74) is 6.57. The Morgan fingerprint density at radius 1 is 1.40 bits per heavy atom. The number of primary amides is 1. The zero-order valence-electron chi connectivity index (χ0n) is 12.3. The van der Waals surface area contributed by atoms with Gasteiger partial charge in [-0.2, -0.15) is 0 Å². The van der Waals surface area contributed by atoms with Gasteiger partial charge in [-0.15, -0.1) is 0 Å². The van der Waals surface area contributed by atoms with Gasteiger partial charge in [-0.1, -0.05) is 20.3 Å². The fourth-order valence-corrected chi connectivity index (χ4v) is 2.86. The van der Waals surface area contributed by atoms with E-state index < -0.39 is 5.91 Å². The van der Waals surface area contributed by atoms with Gasteiger partial charge in [0.25, 0.3) is 5.91 Å². The molecule has 0 spiro atoms. The average Bonchev–Trinajstić information content (AvgIpc) is 2.36. The van der Waals surface area contributed by atoms with Crippen LogP contribution >= 0.6 is 0 Å². The van der Waals surface area contributed by atoms with Gasteiger partial charge in [-0.25, -0.2) is 0 Å². The Hall–Kier alpha value is -1.71. The van der Waals surface area contributed by atoms with E-state index in [4.69, 9.17) is 10.5 Å². The van der Waals surface area contributed by atoms with Crippen molar-refractivity contribution in [3.8, 4) is 5.75 Å². The molecular weight excluding hydrogens is 252 g/mol. The molecule has 0 saturated heterocycles. The minimum absolute atomic E-state index is 0.0798. The molecular formula is C16H24N2O2. The molecule has 1 fully saturated rings. The van der Waals surface area contributed by atoms with Crippen LogP contribution in [-0.4, -0.2) is 18.6 Å². The summed E-state index contributed by atoms with van der Waals surface area (Å²) in [7, 11) is 0. The molecule has 2 rings (SSSR count). The third-order valence-corrected chi connectivity index (χ3v) is 3.81. The first kappa shape index (κ1) is 14.7. The molecule has 0 bridgehead atoms. The van der Waals surface area contributed by atoms with Crippen molar-refractivity contribution in [3.63, 3.8) is 0 Å². The Morgan fingerprint density at radius 3 is 2.70 bits per heavy atom. The normalized spacial score (nSPS) is 21.2. The van der Waals surface area contributed by atoms with Crippen molar-refractivity contribution in [2.75, 3.05) is 11.9 Å². The lowest BCUT2D eigenvalue weighted by molar-refractivity contribution is -0.119. The van der Waals surface area contributed by atoms with Crippen LogP contribution in [0.15, 0.2) is 24.3 Å². The largest absolute Gasteiger partial charge is 0.484 e. The van der Waals surface area contributed by atoms with E-state index in [0.717, 1.165) is 5.69 Å². The van der Waals surface area contributed by atoms with Gasteiger partial charge in [0, 0.05) is 11.7 Å². The minimum atomic E-state index is -0.461. The zero-order valence-corrected chi connectivity index (χ0v) is 12.3. The van der Waals surface area contributed by atoms with E-state index in [1.54, 1.807) is 0 Å². The summed E-state index contributed by atoms with van der Waals surface area (Å²) in [5, 5.41) is 3.58. The molecule has 1 aliphatic carbocycles. The zero-order chi connectivity index (χ0) is 14.6. The highest BCUT2D eigenvalue weighted by molar-refractivity contribution is 5.75. The van der Waals surface area contributed by atoms with E-state index in [0.29, 0.717) is 17.2 Å². The third-order valence-electron chi connectivity index (χ3n) is 3.81. The summed E-state index contributed by atoms with van der Waals surface area (Å²) in [5.74, 6) is 0.204. The monoisotopic (exact) mass is 276 g/mol. The predicted octanol–water partition coefficient (Wildman–Crippen LogP) is 2.93. The maximum absolute atomic E-state index is 10.6. The summed E-state index contributed by atoms with van der Waals surface area (Å²) in [6.45, 7) is 4.59. The second-order valence-corrected chi connectivity index (χ2v) is 6.38. The third kappa shape index (κ3) is 4.44. The topological polar surface area (TPSA) is 64.3 Å². The number of hydrogen-bond donors (Lipinski definition) is 2.